The minimum absolute atomic E-state index is 0.00705. The average molecular weight is 457 g/mol. The monoisotopic (exact) mass is 456 g/mol. The van der Waals surface area contributed by atoms with E-state index in [0.29, 0.717) is 18.1 Å². The molecule has 0 saturated carbocycles. The number of hydrogen-bond donors (Lipinski definition) is 3. The SMILES string of the molecule is Cc1ccc(NC(O)CN(C)c2nc(-c3cc4cc(CO)ccc4cn3)nc3c2CCC3)cn1. The molecule has 0 amide bonds. The van der Waals surface area contributed by atoms with Gasteiger partial charge in [0, 0.05) is 35.6 Å². The third kappa shape index (κ3) is 4.55. The normalized spacial score (nSPS) is 13.6. The fourth-order valence-electron chi connectivity index (χ4n) is 4.39. The molecule has 34 heavy (non-hydrogen) atoms. The number of pyridine rings is 2. The van der Waals surface area contributed by atoms with E-state index in [0.717, 1.165) is 64.1 Å². The Morgan fingerprint density at radius 1 is 1.03 bits per heavy atom. The summed E-state index contributed by atoms with van der Waals surface area (Å²) in [6.07, 6.45) is 5.60. The van der Waals surface area contributed by atoms with Gasteiger partial charge in [-0.15, -0.1) is 0 Å². The van der Waals surface area contributed by atoms with Crippen molar-refractivity contribution in [2.75, 3.05) is 23.8 Å². The molecule has 0 spiro atoms. The maximum Gasteiger partial charge on any atom is 0.180 e. The van der Waals surface area contributed by atoms with Gasteiger partial charge < -0.3 is 20.4 Å². The average Bonchev–Trinajstić information content (AvgIpc) is 3.33. The summed E-state index contributed by atoms with van der Waals surface area (Å²) in [5, 5.41) is 25.2. The summed E-state index contributed by atoms with van der Waals surface area (Å²) in [6.45, 7) is 2.27. The number of aryl methyl sites for hydroxylation is 2. The molecule has 0 saturated heterocycles. The molecule has 8 nitrogen and oxygen atoms in total. The van der Waals surface area contributed by atoms with Crippen molar-refractivity contribution < 1.29 is 10.2 Å². The van der Waals surface area contributed by atoms with Gasteiger partial charge in [-0.2, -0.15) is 0 Å². The van der Waals surface area contributed by atoms with E-state index in [9.17, 15) is 10.2 Å². The third-order valence-electron chi connectivity index (χ3n) is 6.16. The number of aliphatic hydroxyl groups excluding tert-OH is 2. The number of anilines is 2. The zero-order chi connectivity index (χ0) is 23.7. The Hall–Kier alpha value is -3.62. The van der Waals surface area contributed by atoms with Crippen molar-refractivity contribution >= 4 is 22.3 Å². The Morgan fingerprint density at radius 2 is 1.91 bits per heavy atom. The van der Waals surface area contributed by atoms with Crippen LogP contribution in [0.3, 0.4) is 0 Å². The first-order chi connectivity index (χ1) is 16.5. The predicted molar refractivity (Wildman–Crippen MR) is 133 cm³/mol. The van der Waals surface area contributed by atoms with Gasteiger partial charge in [-0.25, -0.2) is 9.97 Å². The van der Waals surface area contributed by atoms with Gasteiger partial charge in [0.05, 0.1) is 25.0 Å². The largest absolute Gasteiger partial charge is 0.392 e. The van der Waals surface area contributed by atoms with Crippen molar-refractivity contribution in [1.82, 2.24) is 19.9 Å². The van der Waals surface area contributed by atoms with E-state index in [1.165, 1.54) is 0 Å². The second-order valence-electron chi connectivity index (χ2n) is 8.79. The Morgan fingerprint density at radius 3 is 2.71 bits per heavy atom. The number of aromatic nitrogens is 4. The quantitative estimate of drug-likeness (QED) is 0.364. The molecule has 4 aromatic rings. The Bertz CT molecular complexity index is 1330. The van der Waals surface area contributed by atoms with Gasteiger partial charge in [0.1, 0.15) is 17.7 Å². The predicted octanol–water partition coefficient (Wildman–Crippen LogP) is 3.24. The Balaban J connectivity index is 1.43. The molecule has 0 bridgehead atoms. The van der Waals surface area contributed by atoms with E-state index in [1.54, 1.807) is 6.20 Å². The maximum atomic E-state index is 10.6. The third-order valence-corrected chi connectivity index (χ3v) is 6.16. The van der Waals surface area contributed by atoms with Crippen LogP contribution in [0, 0.1) is 6.92 Å². The van der Waals surface area contributed by atoms with E-state index in [1.807, 2.05) is 61.5 Å². The summed E-state index contributed by atoms with van der Waals surface area (Å²) in [5.74, 6) is 1.40. The number of hydrogen-bond acceptors (Lipinski definition) is 8. The molecule has 1 atom stereocenters. The van der Waals surface area contributed by atoms with Crippen LogP contribution in [0.1, 0.15) is 28.9 Å². The van der Waals surface area contributed by atoms with Gasteiger partial charge in [0.15, 0.2) is 5.82 Å². The van der Waals surface area contributed by atoms with Crippen molar-refractivity contribution in [3.63, 3.8) is 0 Å². The molecule has 3 N–H and O–H groups in total. The summed E-state index contributed by atoms with van der Waals surface area (Å²) < 4.78 is 0. The Kier molecular flexibility index (Phi) is 6.08. The second-order valence-corrected chi connectivity index (χ2v) is 8.79. The molecule has 8 heteroatoms. The highest BCUT2D eigenvalue weighted by molar-refractivity contribution is 5.85. The zero-order valence-corrected chi connectivity index (χ0v) is 19.4. The van der Waals surface area contributed by atoms with E-state index in [-0.39, 0.29) is 6.61 Å². The van der Waals surface area contributed by atoms with Crippen LogP contribution in [0.5, 0.6) is 0 Å². The fraction of sp³-hybridized carbons (Fsp3) is 0.308. The molecular formula is C26H28N6O2. The number of benzene rings is 1. The van der Waals surface area contributed by atoms with Crippen LogP contribution in [-0.2, 0) is 19.4 Å². The summed E-state index contributed by atoms with van der Waals surface area (Å²) in [5.41, 5.74) is 5.42. The van der Waals surface area contributed by atoms with Crippen LogP contribution in [0.15, 0.2) is 48.8 Å². The van der Waals surface area contributed by atoms with Crippen molar-refractivity contribution in [3.05, 3.63) is 71.3 Å². The van der Waals surface area contributed by atoms with Gasteiger partial charge in [0.2, 0.25) is 0 Å². The number of rotatable bonds is 7. The van der Waals surface area contributed by atoms with Crippen LogP contribution in [-0.4, -0.2) is 50.0 Å². The van der Waals surface area contributed by atoms with Crippen LogP contribution < -0.4 is 10.2 Å². The molecule has 3 aromatic heterocycles. The Labute approximate surface area is 198 Å². The van der Waals surface area contributed by atoms with E-state index in [2.05, 4.69) is 15.3 Å². The van der Waals surface area contributed by atoms with Gasteiger partial charge in [0.25, 0.3) is 0 Å². The lowest BCUT2D eigenvalue weighted by Crippen LogP contribution is -2.35. The molecule has 1 aliphatic rings. The second kappa shape index (κ2) is 9.32. The number of likely N-dealkylation sites (N-methyl/N-ethyl adjacent to an activating group) is 1. The lowest BCUT2D eigenvalue weighted by Gasteiger charge is -2.25. The summed E-state index contributed by atoms with van der Waals surface area (Å²) in [4.78, 5) is 20.6. The molecule has 1 unspecified atom stereocenters. The highest BCUT2D eigenvalue weighted by Gasteiger charge is 2.23. The molecular weight excluding hydrogens is 428 g/mol. The number of aliphatic hydroxyl groups is 2. The van der Waals surface area contributed by atoms with Crippen molar-refractivity contribution in [1.29, 1.82) is 0 Å². The summed E-state index contributed by atoms with van der Waals surface area (Å²) in [7, 11) is 1.93. The molecule has 1 aromatic carbocycles. The zero-order valence-electron chi connectivity index (χ0n) is 19.4. The topological polar surface area (TPSA) is 107 Å². The number of nitrogens with zero attached hydrogens (tertiary/aromatic N) is 5. The maximum absolute atomic E-state index is 10.6. The minimum atomic E-state index is -0.791. The van der Waals surface area contributed by atoms with E-state index in [4.69, 9.17) is 9.97 Å². The molecule has 5 rings (SSSR count). The molecule has 0 radical (unpaired) electrons. The molecule has 174 valence electrons. The highest BCUT2D eigenvalue weighted by Crippen LogP contribution is 2.31. The first kappa shape index (κ1) is 22.2. The van der Waals surface area contributed by atoms with Crippen LogP contribution in [0.4, 0.5) is 11.5 Å². The van der Waals surface area contributed by atoms with Crippen molar-refractivity contribution in [2.45, 2.75) is 39.0 Å². The van der Waals surface area contributed by atoms with Crippen LogP contribution in [0.25, 0.3) is 22.3 Å². The van der Waals surface area contributed by atoms with E-state index < -0.39 is 6.23 Å². The first-order valence-electron chi connectivity index (χ1n) is 11.5. The van der Waals surface area contributed by atoms with Crippen LogP contribution in [0.2, 0.25) is 0 Å². The summed E-state index contributed by atoms with van der Waals surface area (Å²) in [6, 6.07) is 11.6. The lowest BCUT2D eigenvalue weighted by atomic mass is 10.1. The standard InChI is InChI=1S/C26H28N6O2/c1-16-6-9-20(13-27-16)29-24(34)14-32(2)26-21-4-3-5-22(21)30-25(31-26)23-11-19-10-17(15-33)7-8-18(19)12-28-23/h6-13,24,29,33-34H,3-5,14-15H2,1-2H3. The van der Waals surface area contributed by atoms with Crippen molar-refractivity contribution in [3.8, 4) is 11.5 Å². The molecule has 3 heterocycles. The highest BCUT2D eigenvalue weighted by atomic mass is 16.3. The van der Waals surface area contributed by atoms with Gasteiger partial charge in [-0.1, -0.05) is 12.1 Å². The number of fused-ring (bicyclic) bond motifs is 2. The fourth-order valence-corrected chi connectivity index (χ4v) is 4.39. The van der Waals surface area contributed by atoms with Crippen molar-refractivity contribution in [2.24, 2.45) is 0 Å². The van der Waals surface area contributed by atoms with Gasteiger partial charge >= 0.3 is 0 Å². The smallest absolute Gasteiger partial charge is 0.180 e. The van der Waals surface area contributed by atoms with Gasteiger partial charge in [-0.3, -0.25) is 9.97 Å². The van der Waals surface area contributed by atoms with Crippen LogP contribution >= 0.6 is 0 Å². The molecule has 1 aliphatic carbocycles. The molecule has 0 aliphatic heterocycles. The number of nitrogens with one attached hydrogen (secondary N) is 1. The van der Waals surface area contributed by atoms with Gasteiger partial charge in [-0.05, 0) is 61.4 Å². The lowest BCUT2D eigenvalue weighted by molar-refractivity contribution is 0.210. The molecule has 0 fully saturated rings. The minimum Gasteiger partial charge on any atom is -0.392 e. The summed E-state index contributed by atoms with van der Waals surface area (Å²) >= 11 is 0. The first-order valence-corrected chi connectivity index (χ1v) is 11.5. The van der Waals surface area contributed by atoms with E-state index >= 15 is 0 Å².